The van der Waals surface area contributed by atoms with E-state index in [2.05, 4.69) is 11.6 Å². The molecule has 0 amide bonds. The topological polar surface area (TPSA) is 69.9 Å². The summed E-state index contributed by atoms with van der Waals surface area (Å²) in [7, 11) is 0. The van der Waals surface area contributed by atoms with Gasteiger partial charge < -0.3 is 9.47 Å². The summed E-state index contributed by atoms with van der Waals surface area (Å²) in [6.45, 7) is 7.13. The molecule has 0 spiro atoms. The number of aryl methyl sites for hydroxylation is 1. The molecule has 0 aromatic carbocycles. The average molecular weight is 302 g/mol. The third kappa shape index (κ3) is 3.59. The molecular weight excluding hydrogens is 284 g/mol. The zero-order valence-electron chi connectivity index (χ0n) is 12.6. The van der Waals surface area contributed by atoms with Gasteiger partial charge in [-0.15, -0.1) is 6.58 Å². The van der Waals surface area contributed by atoms with E-state index in [0.29, 0.717) is 11.3 Å². The number of hydrogen-bond acceptors (Lipinski definition) is 5. The Morgan fingerprint density at radius 2 is 2.27 bits per heavy atom. The van der Waals surface area contributed by atoms with Gasteiger partial charge in [0.15, 0.2) is 6.10 Å². The summed E-state index contributed by atoms with van der Waals surface area (Å²) in [6, 6.07) is 6.74. The zero-order valence-corrected chi connectivity index (χ0v) is 12.6. The average Bonchev–Trinajstić information content (AvgIpc) is 2.50. The normalized spacial score (nSPS) is 12.1. The molecule has 0 aliphatic heterocycles. The summed E-state index contributed by atoms with van der Waals surface area (Å²) in [4.78, 5) is 28.1. The maximum absolute atomic E-state index is 12.1. The van der Waals surface area contributed by atoms with Crippen LogP contribution in [0.25, 0.3) is 5.65 Å². The van der Waals surface area contributed by atoms with E-state index in [0.717, 1.165) is 5.69 Å². The minimum atomic E-state index is -0.693. The van der Waals surface area contributed by atoms with Crippen LogP contribution in [0.2, 0.25) is 0 Å². The maximum Gasteiger partial charge on any atom is 0.335 e. The number of hydrogen-bond donors (Lipinski definition) is 0. The Balaban J connectivity index is 2.11. The third-order valence-electron chi connectivity index (χ3n) is 3.09. The van der Waals surface area contributed by atoms with Crippen LogP contribution < -0.4 is 5.56 Å². The molecule has 6 nitrogen and oxygen atoms in total. The Kier molecular flexibility index (Phi) is 5.06. The Morgan fingerprint density at radius 1 is 1.50 bits per heavy atom. The number of carbonyl (C=O) groups excluding carboxylic acids is 1. The molecule has 116 valence electrons. The molecule has 0 saturated heterocycles. The summed E-state index contributed by atoms with van der Waals surface area (Å²) in [5.74, 6) is -0.506. The van der Waals surface area contributed by atoms with Crippen LogP contribution in [0.1, 0.15) is 18.3 Å². The molecule has 0 radical (unpaired) electrons. The monoisotopic (exact) mass is 302 g/mol. The molecule has 1 atom stereocenters. The van der Waals surface area contributed by atoms with Crippen molar-refractivity contribution in [1.29, 1.82) is 0 Å². The van der Waals surface area contributed by atoms with Crippen molar-refractivity contribution in [3.8, 4) is 0 Å². The second-order valence-electron chi connectivity index (χ2n) is 4.82. The highest BCUT2D eigenvalue weighted by atomic mass is 16.6. The number of fused-ring (bicyclic) bond motifs is 1. The van der Waals surface area contributed by atoms with Crippen LogP contribution >= 0.6 is 0 Å². The molecule has 2 rings (SSSR count). The third-order valence-corrected chi connectivity index (χ3v) is 3.09. The number of aromatic nitrogens is 2. The van der Waals surface area contributed by atoms with Gasteiger partial charge in [-0.1, -0.05) is 12.1 Å². The minimum Gasteiger partial charge on any atom is -0.457 e. The van der Waals surface area contributed by atoms with E-state index in [9.17, 15) is 9.59 Å². The highest BCUT2D eigenvalue weighted by molar-refractivity contribution is 5.74. The Morgan fingerprint density at radius 3 is 3.00 bits per heavy atom. The van der Waals surface area contributed by atoms with Crippen LogP contribution in [-0.2, 0) is 20.9 Å². The van der Waals surface area contributed by atoms with E-state index < -0.39 is 12.1 Å². The first-order valence-corrected chi connectivity index (χ1v) is 6.90. The predicted octanol–water partition coefficient (Wildman–Crippen LogP) is 1.64. The van der Waals surface area contributed by atoms with Crippen molar-refractivity contribution in [2.45, 2.75) is 26.6 Å². The number of pyridine rings is 1. The van der Waals surface area contributed by atoms with Gasteiger partial charge in [0, 0.05) is 11.8 Å². The number of ether oxygens (including phenoxy) is 2. The van der Waals surface area contributed by atoms with E-state index >= 15 is 0 Å². The van der Waals surface area contributed by atoms with Gasteiger partial charge in [0.25, 0.3) is 5.56 Å². The van der Waals surface area contributed by atoms with Crippen LogP contribution in [0, 0.1) is 6.92 Å². The summed E-state index contributed by atoms with van der Waals surface area (Å²) in [6.07, 6.45) is 0.861. The highest BCUT2D eigenvalue weighted by Gasteiger charge is 2.15. The summed E-state index contributed by atoms with van der Waals surface area (Å²) < 4.78 is 11.8. The van der Waals surface area contributed by atoms with Crippen LogP contribution in [0.3, 0.4) is 0 Å². The van der Waals surface area contributed by atoms with Gasteiger partial charge in [0.05, 0.1) is 12.3 Å². The van der Waals surface area contributed by atoms with E-state index in [1.165, 1.54) is 10.5 Å². The van der Waals surface area contributed by atoms with Gasteiger partial charge in [-0.25, -0.2) is 9.78 Å². The number of esters is 1. The lowest BCUT2D eigenvalue weighted by atomic mass is 10.3. The number of rotatable bonds is 6. The van der Waals surface area contributed by atoms with Crippen LogP contribution in [0.5, 0.6) is 0 Å². The van der Waals surface area contributed by atoms with Crippen LogP contribution in [-0.4, -0.2) is 28.1 Å². The van der Waals surface area contributed by atoms with Crippen LogP contribution in [0.15, 0.2) is 41.7 Å². The molecule has 0 fully saturated rings. The molecule has 0 bridgehead atoms. The van der Waals surface area contributed by atoms with Crippen LogP contribution in [0.4, 0.5) is 0 Å². The molecule has 0 aliphatic carbocycles. The fourth-order valence-corrected chi connectivity index (χ4v) is 1.98. The number of nitrogens with zero attached hydrogens (tertiary/aromatic N) is 2. The van der Waals surface area contributed by atoms with Gasteiger partial charge in [-0.05, 0) is 26.0 Å². The Hall–Kier alpha value is -2.47. The van der Waals surface area contributed by atoms with E-state index in [4.69, 9.17) is 9.47 Å². The SMILES string of the molecule is C=CCOC(C)C(=O)OCc1cc(=O)n2c(C)cccc2n1. The van der Waals surface area contributed by atoms with Gasteiger partial charge in [-0.3, -0.25) is 9.20 Å². The predicted molar refractivity (Wildman–Crippen MR) is 81.6 cm³/mol. The fourth-order valence-electron chi connectivity index (χ4n) is 1.98. The first kappa shape index (κ1) is 15.9. The molecule has 1 unspecified atom stereocenters. The molecule has 0 saturated carbocycles. The van der Waals surface area contributed by atoms with Crippen molar-refractivity contribution >= 4 is 11.6 Å². The minimum absolute atomic E-state index is 0.0691. The quantitative estimate of drug-likeness (QED) is 0.599. The Bertz CT molecular complexity index is 751. The van der Waals surface area contributed by atoms with Gasteiger partial charge >= 0.3 is 5.97 Å². The largest absolute Gasteiger partial charge is 0.457 e. The van der Waals surface area contributed by atoms with E-state index in [1.807, 2.05) is 19.1 Å². The molecule has 22 heavy (non-hydrogen) atoms. The fraction of sp³-hybridized carbons (Fsp3) is 0.312. The van der Waals surface area contributed by atoms with Crippen molar-refractivity contribution in [2.24, 2.45) is 0 Å². The number of carbonyl (C=O) groups is 1. The van der Waals surface area contributed by atoms with Gasteiger partial charge in [0.2, 0.25) is 0 Å². The van der Waals surface area contributed by atoms with Gasteiger partial charge in [0.1, 0.15) is 12.3 Å². The first-order chi connectivity index (χ1) is 10.5. The maximum atomic E-state index is 12.1. The van der Waals surface area contributed by atoms with Gasteiger partial charge in [-0.2, -0.15) is 0 Å². The molecule has 0 aliphatic rings. The summed E-state index contributed by atoms with van der Waals surface area (Å²) in [5, 5.41) is 0. The lowest BCUT2D eigenvalue weighted by Crippen LogP contribution is -2.24. The van der Waals surface area contributed by atoms with E-state index in [1.54, 1.807) is 19.1 Å². The molecule has 2 aromatic heterocycles. The lowest BCUT2D eigenvalue weighted by Gasteiger charge is -2.11. The van der Waals surface area contributed by atoms with Crippen molar-refractivity contribution in [3.05, 3.63) is 58.7 Å². The molecule has 2 heterocycles. The van der Waals surface area contributed by atoms with Crippen molar-refractivity contribution in [3.63, 3.8) is 0 Å². The van der Waals surface area contributed by atoms with Crippen molar-refractivity contribution in [2.75, 3.05) is 6.61 Å². The molecule has 6 heteroatoms. The molecule has 0 N–H and O–H groups in total. The summed E-state index contributed by atoms with van der Waals surface area (Å²) in [5.41, 5.74) is 1.52. The second kappa shape index (κ2) is 7.00. The summed E-state index contributed by atoms with van der Waals surface area (Å²) >= 11 is 0. The lowest BCUT2D eigenvalue weighted by molar-refractivity contribution is -0.156. The zero-order chi connectivity index (χ0) is 16.1. The molecular formula is C16H18N2O4. The van der Waals surface area contributed by atoms with E-state index in [-0.39, 0.29) is 18.8 Å². The van der Waals surface area contributed by atoms with Crippen molar-refractivity contribution in [1.82, 2.24) is 9.38 Å². The highest BCUT2D eigenvalue weighted by Crippen LogP contribution is 2.05. The Labute approximate surface area is 128 Å². The van der Waals surface area contributed by atoms with Crippen molar-refractivity contribution < 1.29 is 14.3 Å². The smallest absolute Gasteiger partial charge is 0.335 e. The standard InChI is InChI=1S/C16H18N2O4/c1-4-8-21-12(3)16(20)22-10-13-9-15(19)18-11(2)6-5-7-14(18)17-13/h4-7,9,12H,1,8,10H2,2-3H3. The second-order valence-corrected chi connectivity index (χ2v) is 4.82. The first-order valence-electron chi connectivity index (χ1n) is 6.90. The molecule has 2 aromatic rings.